The minimum atomic E-state index is 0.474. The van der Waals surface area contributed by atoms with Crippen molar-refractivity contribution in [2.45, 2.75) is 18.8 Å². The lowest BCUT2D eigenvalue weighted by atomic mass is 9.93. The van der Waals surface area contributed by atoms with Crippen LogP contribution in [-0.4, -0.2) is 56.6 Å². The Kier molecular flexibility index (Phi) is 6.02. The van der Waals surface area contributed by atoms with E-state index in [2.05, 4.69) is 54.2 Å². The number of hydrogen-bond donors (Lipinski definition) is 1. The highest BCUT2D eigenvalue weighted by Gasteiger charge is 2.22. The molecule has 2 rings (SSSR count). The molecule has 1 heterocycles. The van der Waals surface area contributed by atoms with Crippen molar-refractivity contribution in [1.82, 2.24) is 9.80 Å². The normalized spacial score (nSPS) is 19.4. The number of rotatable bonds is 6. The number of hydrogen-bond acceptors (Lipinski definition) is 3. The summed E-state index contributed by atoms with van der Waals surface area (Å²) in [5.41, 5.74) is 7.36. The van der Waals surface area contributed by atoms with E-state index in [4.69, 9.17) is 5.73 Å². The summed E-state index contributed by atoms with van der Waals surface area (Å²) in [6.45, 7) is 5.52. The Bertz CT molecular complexity index is 369. The van der Waals surface area contributed by atoms with Crippen molar-refractivity contribution in [3.05, 3.63) is 35.9 Å². The predicted octanol–water partition coefficient (Wildman–Crippen LogP) is 2.00. The van der Waals surface area contributed by atoms with Crippen LogP contribution in [0.4, 0.5) is 0 Å². The average molecular weight is 275 g/mol. The molecule has 0 amide bonds. The SMILES string of the molecule is CN(C)CC1CCN(CC(CN)c2ccccc2)CC1. The van der Waals surface area contributed by atoms with Gasteiger partial charge in [0.05, 0.1) is 0 Å². The van der Waals surface area contributed by atoms with Gasteiger partial charge >= 0.3 is 0 Å². The highest BCUT2D eigenvalue weighted by atomic mass is 15.1. The van der Waals surface area contributed by atoms with Crippen LogP contribution in [0.25, 0.3) is 0 Å². The van der Waals surface area contributed by atoms with Crippen LogP contribution in [0.3, 0.4) is 0 Å². The molecule has 1 fully saturated rings. The van der Waals surface area contributed by atoms with Crippen molar-refractivity contribution in [3.63, 3.8) is 0 Å². The van der Waals surface area contributed by atoms with Crippen LogP contribution in [0.1, 0.15) is 24.3 Å². The molecule has 3 heteroatoms. The molecule has 3 nitrogen and oxygen atoms in total. The molecule has 1 atom stereocenters. The quantitative estimate of drug-likeness (QED) is 0.862. The average Bonchev–Trinajstić information content (AvgIpc) is 2.47. The Labute approximate surface area is 123 Å². The number of piperidine rings is 1. The van der Waals surface area contributed by atoms with Crippen molar-refractivity contribution >= 4 is 0 Å². The van der Waals surface area contributed by atoms with Gasteiger partial charge in [0.25, 0.3) is 0 Å². The number of likely N-dealkylation sites (tertiary alicyclic amines) is 1. The summed E-state index contributed by atoms with van der Waals surface area (Å²) >= 11 is 0. The predicted molar refractivity (Wildman–Crippen MR) is 86.0 cm³/mol. The molecular weight excluding hydrogens is 246 g/mol. The van der Waals surface area contributed by atoms with E-state index in [1.165, 1.54) is 38.0 Å². The van der Waals surface area contributed by atoms with E-state index in [0.717, 1.165) is 19.0 Å². The maximum Gasteiger partial charge on any atom is 0.00888 e. The molecule has 0 spiro atoms. The van der Waals surface area contributed by atoms with Crippen molar-refractivity contribution in [2.75, 3.05) is 46.8 Å². The first kappa shape index (κ1) is 15.5. The molecular formula is C17H29N3. The molecule has 2 N–H and O–H groups in total. The molecule has 112 valence electrons. The Hall–Kier alpha value is -0.900. The van der Waals surface area contributed by atoms with Crippen LogP contribution in [-0.2, 0) is 0 Å². The third kappa shape index (κ3) is 4.58. The van der Waals surface area contributed by atoms with Crippen LogP contribution in [0.2, 0.25) is 0 Å². The lowest BCUT2D eigenvalue weighted by Gasteiger charge is -2.35. The van der Waals surface area contributed by atoms with Crippen LogP contribution < -0.4 is 5.73 Å². The molecule has 0 saturated carbocycles. The first-order chi connectivity index (χ1) is 9.69. The summed E-state index contributed by atoms with van der Waals surface area (Å²) in [7, 11) is 4.35. The standard InChI is InChI=1S/C17H29N3/c1-19(2)13-15-8-10-20(11-9-15)14-17(12-18)16-6-4-3-5-7-16/h3-7,15,17H,8-14,18H2,1-2H3. The van der Waals surface area contributed by atoms with Crippen molar-refractivity contribution in [2.24, 2.45) is 11.7 Å². The van der Waals surface area contributed by atoms with Gasteiger partial charge in [-0.1, -0.05) is 30.3 Å². The van der Waals surface area contributed by atoms with Gasteiger partial charge < -0.3 is 15.5 Å². The molecule has 1 saturated heterocycles. The monoisotopic (exact) mass is 275 g/mol. The summed E-state index contributed by atoms with van der Waals surface area (Å²) in [5, 5.41) is 0. The van der Waals surface area contributed by atoms with E-state index >= 15 is 0 Å². The summed E-state index contributed by atoms with van der Waals surface area (Å²) in [6, 6.07) is 10.7. The topological polar surface area (TPSA) is 32.5 Å². The molecule has 0 bridgehead atoms. The number of nitrogens with zero attached hydrogens (tertiary/aromatic N) is 2. The zero-order valence-corrected chi connectivity index (χ0v) is 13.0. The second-order valence-corrected chi connectivity index (χ2v) is 6.35. The second-order valence-electron chi connectivity index (χ2n) is 6.35. The highest BCUT2D eigenvalue weighted by molar-refractivity contribution is 5.20. The Morgan fingerprint density at radius 2 is 1.85 bits per heavy atom. The molecule has 1 aromatic rings. The molecule has 1 aliphatic heterocycles. The van der Waals surface area contributed by atoms with Crippen molar-refractivity contribution in [3.8, 4) is 0 Å². The fourth-order valence-electron chi connectivity index (χ4n) is 3.22. The van der Waals surface area contributed by atoms with E-state index in [9.17, 15) is 0 Å². The largest absolute Gasteiger partial charge is 0.330 e. The first-order valence-electron chi connectivity index (χ1n) is 7.81. The summed E-state index contributed by atoms with van der Waals surface area (Å²) in [4.78, 5) is 4.91. The number of benzene rings is 1. The van der Waals surface area contributed by atoms with Crippen LogP contribution >= 0.6 is 0 Å². The lowest BCUT2D eigenvalue weighted by molar-refractivity contribution is 0.156. The van der Waals surface area contributed by atoms with Gasteiger partial charge in [-0.3, -0.25) is 0 Å². The maximum atomic E-state index is 5.98. The Balaban J connectivity index is 1.82. The van der Waals surface area contributed by atoms with E-state index in [0.29, 0.717) is 5.92 Å². The minimum Gasteiger partial charge on any atom is -0.330 e. The Morgan fingerprint density at radius 3 is 2.40 bits per heavy atom. The molecule has 20 heavy (non-hydrogen) atoms. The van der Waals surface area contributed by atoms with Crippen LogP contribution in [0.15, 0.2) is 30.3 Å². The first-order valence-corrected chi connectivity index (χ1v) is 7.81. The zero-order valence-electron chi connectivity index (χ0n) is 13.0. The highest BCUT2D eigenvalue weighted by Crippen LogP contribution is 2.21. The molecule has 1 unspecified atom stereocenters. The molecule has 1 aliphatic rings. The van der Waals surface area contributed by atoms with Gasteiger partial charge in [-0.05, 0) is 51.5 Å². The molecule has 0 radical (unpaired) electrons. The maximum absolute atomic E-state index is 5.98. The van der Waals surface area contributed by atoms with Gasteiger partial charge in [0, 0.05) is 25.6 Å². The molecule has 0 aromatic heterocycles. The fourth-order valence-corrected chi connectivity index (χ4v) is 3.22. The fraction of sp³-hybridized carbons (Fsp3) is 0.647. The van der Waals surface area contributed by atoms with E-state index in [1.54, 1.807) is 0 Å². The minimum absolute atomic E-state index is 0.474. The van der Waals surface area contributed by atoms with E-state index in [1.807, 2.05) is 0 Å². The van der Waals surface area contributed by atoms with E-state index < -0.39 is 0 Å². The lowest BCUT2D eigenvalue weighted by Crippen LogP contribution is -2.40. The third-order valence-electron chi connectivity index (χ3n) is 4.36. The van der Waals surface area contributed by atoms with Gasteiger partial charge in [0.2, 0.25) is 0 Å². The van der Waals surface area contributed by atoms with E-state index in [-0.39, 0.29) is 0 Å². The molecule has 0 aliphatic carbocycles. The van der Waals surface area contributed by atoms with Gasteiger partial charge in [-0.15, -0.1) is 0 Å². The zero-order chi connectivity index (χ0) is 14.4. The van der Waals surface area contributed by atoms with Crippen LogP contribution in [0.5, 0.6) is 0 Å². The van der Waals surface area contributed by atoms with Gasteiger partial charge in [0.1, 0.15) is 0 Å². The van der Waals surface area contributed by atoms with Crippen molar-refractivity contribution in [1.29, 1.82) is 0 Å². The number of nitrogens with two attached hydrogens (primary N) is 1. The van der Waals surface area contributed by atoms with Gasteiger partial charge in [-0.25, -0.2) is 0 Å². The third-order valence-corrected chi connectivity index (χ3v) is 4.36. The summed E-state index contributed by atoms with van der Waals surface area (Å²) < 4.78 is 0. The summed E-state index contributed by atoms with van der Waals surface area (Å²) in [5.74, 6) is 1.34. The van der Waals surface area contributed by atoms with Gasteiger partial charge in [0.15, 0.2) is 0 Å². The van der Waals surface area contributed by atoms with Crippen molar-refractivity contribution < 1.29 is 0 Å². The second kappa shape index (κ2) is 7.77. The van der Waals surface area contributed by atoms with Gasteiger partial charge in [-0.2, -0.15) is 0 Å². The molecule has 1 aromatic carbocycles. The Morgan fingerprint density at radius 1 is 1.20 bits per heavy atom. The smallest absolute Gasteiger partial charge is 0.00888 e. The summed E-state index contributed by atoms with van der Waals surface area (Å²) in [6.07, 6.45) is 2.65. The van der Waals surface area contributed by atoms with Crippen LogP contribution in [0, 0.1) is 5.92 Å².